The van der Waals surface area contributed by atoms with Crippen molar-refractivity contribution in [3.63, 3.8) is 0 Å². The molecule has 1 saturated heterocycles. The molecule has 0 bridgehead atoms. The number of anilines is 1. The highest BCUT2D eigenvalue weighted by Crippen LogP contribution is 2.45. The lowest BCUT2D eigenvalue weighted by molar-refractivity contribution is -0.132. The van der Waals surface area contributed by atoms with E-state index in [0.717, 1.165) is 4.70 Å². The maximum absolute atomic E-state index is 13.5. The van der Waals surface area contributed by atoms with Crippen LogP contribution in [0.5, 0.6) is 17.2 Å². The molecule has 188 valence electrons. The SMILES string of the molecule is CCOc1cccc(C2/C(=C(\O)c3ccc(OC)cc3)C(=O)C(=O)N2c2nc3ccc(OC)cc3s2)c1. The number of Topliss-reactive ketones (excluding diaryl/α,β-unsaturated/α-hetero) is 1. The molecule has 1 aliphatic rings. The normalized spacial score (nSPS) is 16.8. The Bertz CT molecular complexity index is 1530. The van der Waals surface area contributed by atoms with Gasteiger partial charge >= 0.3 is 5.91 Å². The van der Waals surface area contributed by atoms with Gasteiger partial charge in [-0.1, -0.05) is 23.5 Å². The number of carbonyl (C=O) groups is 2. The van der Waals surface area contributed by atoms with Gasteiger partial charge in [0.1, 0.15) is 23.0 Å². The van der Waals surface area contributed by atoms with E-state index in [4.69, 9.17) is 14.2 Å². The van der Waals surface area contributed by atoms with E-state index in [2.05, 4.69) is 4.98 Å². The second-order valence-electron chi connectivity index (χ2n) is 8.23. The van der Waals surface area contributed by atoms with Gasteiger partial charge in [-0.25, -0.2) is 4.98 Å². The van der Waals surface area contributed by atoms with Crippen LogP contribution in [0.4, 0.5) is 5.13 Å². The van der Waals surface area contributed by atoms with Gasteiger partial charge in [0.25, 0.3) is 5.78 Å². The fraction of sp³-hybridized carbons (Fsp3) is 0.179. The summed E-state index contributed by atoms with van der Waals surface area (Å²) in [5.74, 6) is 0.000118. The molecule has 5 rings (SSSR count). The molecule has 1 unspecified atom stereocenters. The molecule has 4 aromatic rings. The fourth-order valence-corrected chi connectivity index (χ4v) is 5.33. The van der Waals surface area contributed by atoms with Crippen molar-refractivity contribution in [2.24, 2.45) is 0 Å². The molecular formula is C28H24N2O6S. The Labute approximate surface area is 217 Å². The summed E-state index contributed by atoms with van der Waals surface area (Å²) in [6, 6.07) is 18.3. The van der Waals surface area contributed by atoms with E-state index in [1.165, 1.54) is 16.2 Å². The molecule has 1 aromatic heterocycles. The molecule has 9 heteroatoms. The second kappa shape index (κ2) is 9.94. The standard InChI is InChI=1S/C28H24N2O6S/c1-4-36-20-7-5-6-17(14-20)24-23(25(31)16-8-10-18(34-2)11-9-16)26(32)27(33)30(24)28-29-21-13-12-19(35-3)15-22(21)37-28/h5-15,24,31H,4H2,1-3H3/b25-23+. The first-order valence-corrected chi connectivity index (χ1v) is 12.4. The van der Waals surface area contributed by atoms with Crippen LogP contribution in [-0.2, 0) is 9.59 Å². The minimum atomic E-state index is -0.912. The van der Waals surface area contributed by atoms with E-state index in [0.29, 0.717) is 45.6 Å². The number of nitrogens with zero attached hydrogens (tertiary/aromatic N) is 2. The fourth-order valence-electron chi connectivity index (χ4n) is 4.31. The van der Waals surface area contributed by atoms with Gasteiger partial charge in [0.2, 0.25) is 0 Å². The third kappa shape index (κ3) is 4.38. The topological polar surface area (TPSA) is 98.2 Å². The van der Waals surface area contributed by atoms with Crippen molar-refractivity contribution in [3.8, 4) is 17.2 Å². The molecule has 0 saturated carbocycles. The number of fused-ring (bicyclic) bond motifs is 1. The van der Waals surface area contributed by atoms with Gasteiger partial charge in [-0.15, -0.1) is 0 Å². The molecule has 1 amide bonds. The number of ketones is 1. The zero-order chi connectivity index (χ0) is 26.1. The summed E-state index contributed by atoms with van der Waals surface area (Å²) in [6.07, 6.45) is 0. The Morgan fingerprint density at radius 1 is 0.973 bits per heavy atom. The van der Waals surface area contributed by atoms with Crippen molar-refractivity contribution in [1.29, 1.82) is 0 Å². The van der Waals surface area contributed by atoms with E-state index in [-0.39, 0.29) is 11.3 Å². The predicted octanol–water partition coefficient (Wildman–Crippen LogP) is 5.34. The third-order valence-electron chi connectivity index (χ3n) is 6.08. The lowest BCUT2D eigenvalue weighted by atomic mass is 9.95. The Kier molecular flexibility index (Phi) is 6.54. The molecule has 1 N–H and O–H groups in total. The van der Waals surface area contributed by atoms with E-state index in [9.17, 15) is 14.7 Å². The van der Waals surface area contributed by atoms with E-state index in [1.807, 2.05) is 13.0 Å². The first-order chi connectivity index (χ1) is 17.9. The Morgan fingerprint density at radius 2 is 1.70 bits per heavy atom. The predicted molar refractivity (Wildman–Crippen MR) is 142 cm³/mol. The highest BCUT2D eigenvalue weighted by molar-refractivity contribution is 7.22. The highest BCUT2D eigenvalue weighted by Gasteiger charge is 2.48. The van der Waals surface area contributed by atoms with Crippen molar-refractivity contribution in [2.75, 3.05) is 25.7 Å². The number of aromatic nitrogens is 1. The number of hydrogen-bond donors (Lipinski definition) is 1. The largest absolute Gasteiger partial charge is 0.507 e. The molecule has 0 radical (unpaired) electrons. The molecule has 1 fully saturated rings. The quantitative estimate of drug-likeness (QED) is 0.201. The van der Waals surface area contributed by atoms with Crippen LogP contribution in [0.1, 0.15) is 24.1 Å². The van der Waals surface area contributed by atoms with Gasteiger partial charge in [-0.3, -0.25) is 14.5 Å². The number of hydrogen-bond acceptors (Lipinski definition) is 8. The average Bonchev–Trinajstić information content (AvgIpc) is 3.46. The summed E-state index contributed by atoms with van der Waals surface area (Å²) in [7, 11) is 3.12. The van der Waals surface area contributed by atoms with Gasteiger partial charge in [0, 0.05) is 5.56 Å². The van der Waals surface area contributed by atoms with Crippen LogP contribution in [0.25, 0.3) is 16.0 Å². The summed E-state index contributed by atoms with van der Waals surface area (Å²) in [6.45, 7) is 2.33. The molecule has 8 nitrogen and oxygen atoms in total. The van der Waals surface area contributed by atoms with Crippen LogP contribution in [0.15, 0.2) is 72.3 Å². The zero-order valence-corrected chi connectivity index (χ0v) is 21.2. The summed E-state index contributed by atoms with van der Waals surface area (Å²) < 4.78 is 17.0. The van der Waals surface area contributed by atoms with Crippen molar-refractivity contribution >= 4 is 44.1 Å². The smallest absolute Gasteiger partial charge is 0.301 e. The Hall–Kier alpha value is -4.37. The lowest BCUT2D eigenvalue weighted by Crippen LogP contribution is -2.29. The van der Waals surface area contributed by atoms with Crippen molar-refractivity contribution < 1.29 is 28.9 Å². The van der Waals surface area contributed by atoms with Crippen molar-refractivity contribution in [3.05, 3.63) is 83.4 Å². The maximum atomic E-state index is 13.5. The molecule has 2 heterocycles. The van der Waals surface area contributed by atoms with E-state index >= 15 is 0 Å². The first kappa shape index (κ1) is 24.3. The number of aliphatic hydroxyl groups is 1. The first-order valence-electron chi connectivity index (χ1n) is 11.6. The summed E-state index contributed by atoms with van der Waals surface area (Å²) in [5.41, 5.74) is 1.64. The van der Waals surface area contributed by atoms with Gasteiger partial charge in [-0.05, 0) is 67.1 Å². The molecule has 0 aliphatic carbocycles. The third-order valence-corrected chi connectivity index (χ3v) is 7.10. The van der Waals surface area contributed by atoms with Crippen LogP contribution in [0, 0.1) is 0 Å². The number of carbonyl (C=O) groups excluding carboxylic acids is 2. The van der Waals surface area contributed by atoms with Crippen molar-refractivity contribution in [2.45, 2.75) is 13.0 Å². The highest BCUT2D eigenvalue weighted by atomic mass is 32.1. The number of ether oxygens (including phenoxy) is 3. The van der Waals surface area contributed by atoms with Gasteiger partial charge in [0.15, 0.2) is 5.13 Å². The van der Waals surface area contributed by atoms with Gasteiger partial charge < -0.3 is 19.3 Å². The molecule has 1 atom stereocenters. The van der Waals surface area contributed by atoms with Crippen LogP contribution in [0.2, 0.25) is 0 Å². The second-order valence-corrected chi connectivity index (χ2v) is 9.24. The number of methoxy groups -OCH3 is 2. The Balaban J connectivity index is 1.70. The maximum Gasteiger partial charge on any atom is 0.301 e. The number of benzene rings is 3. The summed E-state index contributed by atoms with van der Waals surface area (Å²) in [4.78, 5) is 32.9. The number of amides is 1. The van der Waals surface area contributed by atoms with Crippen molar-refractivity contribution in [1.82, 2.24) is 4.98 Å². The molecular weight excluding hydrogens is 492 g/mol. The van der Waals surface area contributed by atoms with Gasteiger partial charge in [0.05, 0.1) is 42.7 Å². The number of aliphatic hydroxyl groups excluding tert-OH is 1. The average molecular weight is 517 g/mol. The van der Waals surface area contributed by atoms with Crippen LogP contribution < -0.4 is 19.1 Å². The zero-order valence-electron chi connectivity index (χ0n) is 20.4. The van der Waals surface area contributed by atoms with E-state index < -0.39 is 17.7 Å². The number of thiazole rings is 1. The molecule has 37 heavy (non-hydrogen) atoms. The Morgan fingerprint density at radius 3 is 2.41 bits per heavy atom. The molecule has 0 spiro atoms. The molecule has 3 aromatic carbocycles. The van der Waals surface area contributed by atoms with E-state index in [1.54, 1.807) is 74.9 Å². The minimum Gasteiger partial charge on any atom is -0.507 e. The van der Waals surface area contributed by atoms with Crippen LogP contribution in [-0.4, -0.2) is 42.6 Å². The number of rotatable bonds is 7. The van der Waals surface area contributed by atoms with Gasteiger partial charge in [-0.2, -0.15) is 0 Å². The lowest BCUT2D eigenvalue weighted by Gasteiger charge is -2.23. The molecule has 1 aliphatic heterocycles. The van der Waals surface area contributed by atoms with Crippen LogP contribution >= 0.6 is 11.3 Å². The van der Waals surface area contributed by atoms with Crippen LogP contribution in [0.3, 0.4) is 0 Å². The minimum absolute atomic E-state index is 0.0272. The summed E-state index contributed by atoms with van der Waals surface area (Å²) in [5, 5.41) is 11.7. The monoisotopic (exact) mass is 516 g/mol. The summed E-state index contributed by atoms with van der Waals surface area (Å²) >= 11 is 1.27.